The lowest BCUT2D eigenvalue weighted by molar-refractivity contribution is -0.116. The molecule has 1 N–H and O–H groups in total. The molecule has 0 aliphatic heterocycles. The summed E-state index contributed by atoms with van der Waals surface area (Å²) in [5.74, 6) is -0.344. The normalized spacial score (nSPS) is 11.4. The SMILES string of the molecule is CCN(CC(=O)Nc1ccc(F)cc1)S(=O)(=O)c1ccc(OC)c(C)c1. The predicted molar refractivity (Wildman–Crippen MR) is 97.2 cm³/mol. The Labute approximate surface area is 152 Å². The van der Waals surface area contributed by atoms with Crippen LogP contribution in [0.5, 0.6) is 5.75 Å². The first-order valence-electron chi connectivity index (χ1n) is 7.98. The molecule has 1 amide bonds. The monoisotopic (exact) mass is 380 g/mol. The molecule has 2 aromatic carbocycles. The zero-order chi connectivity index (χ0) is 19.3. The van der Waals surface area contributed by atoms with E-state index in [0.717, 1.165) is 4.31 Å². The van der Waals surface area contributed by atoms with E-state index in [-0.39, 0.29) is 18.0 Å². The largest absolute Gasteiger partial charge is 0.496 e. The van der Waals surface area contributed by atoms with Gasteiger partial charge in [-0.15, -0.1) is 0 Å². The number of methoxy groups -OCH3 is 1. The van der Waals surface area contributed by atoms with Crippen molar-refractivity contribution >= 4 is 21.6 Å². The number of carbonyl (C=O) groups is 1. The molecular weight excluding hydrogens is 359 g/mol. The van der Waals surface area contributed by atoms with Gasteiger partial charge in [0.25, 0.3) is 0 Å². The number of ether oxygens (including phenoxy) is 1. The number of amides is 1. The van der Waals surface area contributed by atoms with E-state index < -0.39 is 21.7 Å². The number of carbonyl (C=O) groups excluding carboxylic acids is 1. The van der Waals surface area contributed by atoms with E-state index >= 15 is 0 Å². The van der Waals surface area contributed by atoms with Crippen molar-refractivity contribution in [2.45, 2.75) is 18.7 Å². The molecule has 0 aliphatic carbocycles. The lowest BCUT2D eigenvalue weighted by Crippen LogP contribution is -2.37. The second kappa shape index (κ2) is 8.29. The maximum atomic E-state index is 12.9. The topological polar surface area (TPSA) is 75.7 Å². The average molecular weight is 380 g/mol. The Balaban J connectivity index is 2.16. The number of nitrogens with zero attached hydrogens (tertiary/aromatic N) is 1. The number of sulfonamides is 1. The summed E-state index contributed by atoms with van der Waals surface area (Å²) in [4.78, 5) is 12.3. The molecule has 0 spiro atoms. The van der Waals surface area contributed by atoms with Crippen LogP contribution in [-0.2, 0) is 14.8 Å². The van der Waals surface area contributed by atoms with E-state index in [1.807, 2.05) is 0 Å². The second-order valence-electron chi connectivity index (χ2n) is 5.62. The molecule has 0 fully saturated rings. The number of hydrogen-bond donors (Lipinski definition) is 1. The van der Waals surface area contributed by atoms with Gasteiger partial charge in [0, 0.05) is 12.2 Å². The van der Waals surface area contributed by atoms with Gasteiger partial charge in [-0.3, -0.25) is 4.79 Å². The highest BCUT2D eigenvalue weighted by atomic mass is 32.2. The highest BCUT2D eigenvalue weighted by molar-refractivity contribution is 7.89. The molecule has 0 saturated heterocycles. The lowest BCUT2D eigenvalue weighted by Gasteiger charge is -2.20. The number of hydrogen-bond acceptors (Lipinski definition) is 4. The molecule has 140 valence electrons. The first kappa shape index (κ1) is 19.9. The highest BCUT2D eigenvalue weighted by Crippen LogP contribution is 2.23. The van der Waals surface area contributed by atoms with E-state index in [4.69, 9.17) is 4.74 Å². The van der Waals surface area contributed by atoms with Crippen molar-refractivity contribution in [2.75, 3.05) is 25.5 Å². The van der Waals surface area contributed by atoms with Crippen molar-refractivity contribution in [3.05, 3.63) is 53.8 Å². The predicted octanol–water partition coefficient (Wildman–Crippen LogP) is 2.79. The van der Waals surface area contributed by atoms with Crippen LogP contribution in [0.1, 0.15) is 12.5 Å². The quantitative estimate of drug-likeness (QED) is 0.801. The third-order valence-corrected chi connectivity index (χ3v) is 5.72. The average Bonchev–Trinajstić information content (AvgIpc) is 2.61. The van der Waals surface area contributed by atoms with Gasteiger partial charge < -0.3 is 10.1 Å². The number of aryl methyl sites for hydroxylation is 1. The standard InChI is InChI=1S/C18H21FN2O4S/c1-4-21(12-18(22)20-15-7-5-14(19)6-8-15)26(23,24)16-9-10-17(25-3)13(2)11-16/h5-11H,4,12H2,1-3H3,(H,20,22). The Bertz CT molecular complexity index is 883. The van der Waals surface area contributed by atoms with Crippen LogP contribution in [0.25, 0.3) is 0 Å². The van der Waals surface area contributed by atoms with E-state index in [1.165, 1.54) is 43.5 Å². The molecule has 0 unspecified atom stereocenters. The van der Waals surface area contributed by atoms with Crippen molar-refractivity contribution in [3.8, 4) is 5.75 Å². The van der Waals surface area contributed by atoms with Crippen molar-refractivity contribution in [1.29, 1.82) is 0 Å². The zero-order valence-electron chi connectivity index (χ0n) is 14.8. The molecule has 0 atom stereocenters. The van der Waals surface area contributed by atoms with Crippen molar-refractivity contribution in [1.82, 2.24) is 4.31 Å². The number of rotatable bonds is 7. The van der Waals surface area contributed by atoms with Crippen molar-refractivity contribution in [2.24, 2.45) is 0 Å². The van der Waals surface area contributed by atoms with Crippen LogP contribution in [0, 0.1) is 12.7 Å². The fourth-order valence-electron chi connectivity index (χ4n) is 2.42. The third kappa shape index (κ3) is 4.59. The van der Waals surface area contributed by atoms with E-state index in [1.54, 1.807) is 19.9 Å². The van der Waals surface area contributed by atoms with Crippen LogP contribution in [0.4, 0.5) is 10.1 Å². The minimum Gasteiger partial charge on any atom is -0.496 e. The Morgan fingerprint density at radius 3 is 2.38 bits per heavy atom. The zero-order valence-corrected chi connectivity index (χ0v) is 15.6. The van der Waals surface area contributed by atoms with E-state index in [9.17, 15) is 17.6 Å². The molecule has 0 aliphatic rings. The molecular formula is C18H21FN2O4S. The molecule has 26 heavy (non-hydrogen) atoms. The van der Waals surface area contributed by atoms with Crippen LogP contribution in [0.2, 0.25) is 0 Å². The molecule has 0 radical (unpaired) electrons. The first-order valence-corrected chi connectivity index (χ1v) is 9.42. The van der Waals surface area contributed by atoms with Gasteiger partial charge in [0.05, 0.1) is 18.6 Å². The smallest absolute Gasteiger partial charge is 0.243 e. The number of anilines is 1. The summed E-state index contributed by atoms with van der Waals surface area (Å²) >= 11 is 0. The fourth-order valence-corrected chi connectivity index (χ4v) is 3.91. The summed E-state index contributed by atoms with van der Waals surface area (Å²) in [5.41, 5.74) is 1.07. The number of halogens is 1. The van der Waals surface area contributed by atoms with Gasteiger partial charge in [-0.25, -0.2) is 12.8 Å². The van der Waals surface area contributed by atoms with Gasteiger partial charge in [-0.05, 0) is 55.0 Å². The Morgan fingerprint density at radius 1 is 1.19 bits per heavy atom. The maximum absolute atomic E-state index is 12.9. The summed E-state index contributed by atoms with van der Waals surface area (Å²) in [6, 6.07) is 9.77. The van der Waals surface area contributed by atoms with E-state index in [2.05, 4.69) is 5.32 Å². The molecule has 2 aromatic rings. The van der Waals surface area contributed by atoms with Crippen LogP contribution in [-0.4, -0.2) is 38.8 Å². The lowest BCUT2D eigenvalue weighted by atomic mass is 10.2. The minimum absolute atomic E-state index is 0.0900. The van der Waals surface area contributed by atoms with Gasteiger partial charge in [-0.1, -0.05) is 6.92 Å². The molecule has 0 saturated carbocycles. The molecule has 0 aromatic heterocycles. The van der Waals surface area contributed by atoms with Gasteiger partial charge in [0.1, 0.15) is 11.6 Å². The summed E-state index contributed by atoms with van der Waals surface area (Å²) in [6.45, 7) is 3.18. The summed E-state index contributed by atoms with van der Waals surface area (Å²) < 4.78 is 44.7. The molecule has 0 heterocycles. The molecule has 8 heteroatoms. The maximum Gasteiger partial charge on any atom is 0.243 e. The van der Waals surface area contributed by atoms with E-state index in [0.29, 0.717) is 17.0 Å². The summed E-state index contributed by atoms with van der Waals surface area (Å²) in [6.07, 6.45) is 0. The minimum atomic E-state index is -3.84. The highest BCUT2D eigenvalue weighted by Gasteiger charge is 2.25. The molecule has 2 rings (SSSR count). The molecule has 0 bridgehead atoms. The third-order valence-electron chi connectivity index (χ3n) is 3.80. The summed E-state index contributed by atoms with van der Waals surface area (Å²) in [7, 11) is -2.33. The number of likely N-dealkylation sites (N-methyl/N-ethyl adjacent to an activating group) is 1. The van der Waals surface area contributed by atoms with Crippen LogP contribution in [0.15, 0.2) is 47.4 Å². The van der Waals surface area contributed by atoms with Crippen LogP contribution >= 0.6 is 0 Å². The number of benzene rings is 2. The van der Waals surface area contributed by atoms with Gasteiger partial charge >= 0.3 is 0 Å². The van der Waals surface area contributed by atoms with Crippen molar-refractivity contribution in [3.63, 3.8) is 0 Å². The van der Waals surface area contributed by atoms with Crippen LogP contribution < -0.4 is 10.1 Å². The Hall–Kier alpha value is -2.45. The van der Waals surface area contributed by atoms with Gasteiger partial charge in [0.15, 0.2) is 0 Å². The Morgan fingerprint density at radius 2 is 1.85 bits per heavy atom. The molecule has 6 nitrogen and oxygen atoms in total. The van der Waals surface area contributed by atoms with Gasteiger partial charge in [-0.2, -0.15) is 4.31 Å². The summed E-state index contributed by atoms with van der Waals surface area (Å²) in [5, 5.41) is 2.56. The number of nitrogens with one attached hydrogen (secondary N) is 1. The Kier molecular flexibility index (Phi) is 6.33. The van der Waals surface area contributed by atoms with Gasteiger partial charge in [0.2, 0.25) is 15.9 Å². The van der Waals surface area contributed by atoms with Crippen molar-refractivity contribution < 1.29 is 22.3 Å². The van der Waals surface area contributed by atoms with Crippen LogP contribution in [0.3, 0.4) is 0 Å². The second-order valence-corrected chi connectivity index (χ2v) is 7.56. The first-order chi connectivity index (χ1) is 12.3. The fraction of sp³-hybridized carbons (Fsp3) is 0.278.